The van der Waals surface area contributed by atoms with Gasteiger partial charge in [-0.15, -0.1) is 0 Å². The molecule has 0 heterocycles. The van der Waals surface area contributed by atoms with E-state index in [0.29, 0.717) is 24.1 Å². The van der Waals surface area contributed by atoms with Crippen molar-refractivity contribution in [2.45, 2.75) is 34.2 Å². The molecule has 1 aromatic carbocycles. The first kappa shape index (κ1) is 15.0. The summed E-state index contributed by atoms with van der Waals surface area (Å²) in [4.78, 5) is 2.31. The molecule has 102 valence electrons. The molecule has 0 unspecified atom stereocenters. The first-order valence-corrected chi connectivity index (χ1v) is 6.64. The lowest BCUT2D eigenvalue weighted by Crippen LogP contribution is -2.31. The van der Waals surface area contributed by atoms with Crippen LogP contribution in [0.15, 0.2) is 18.2 Å². The van der Waals surface area contributed by atoms with E-state index in [4.69, 9.17) is 5.73 Å². The van der Waals surface area contributed by atoms with Crippen molar-refractivity contribution in [1.82, 2.24) is 4.90 Å². The van der Waals surface area contributed by atoms with E-state index in [2.05, 4.69) is 32.6 Å². The van der Waals surface area contributed by atoms with Crippen molar-refractivity contribution in [3.63, 3.8) is 0 Å². The van der Waals surface area contributed by atoms with Crippen molar-refractivity contribution >= 4 is 5.69 Å². The Labute approximate surface area is 110 Å². The van der Waals surface area contributed by atoms with Crippen LogP contribution in [0.25, 0.3) is 0 Å². The summed E-state index contributed by atoms with van der Waals surface area (Å²) >= 11 is 0. The molecule has 3 heteroatoms. The highest BCUT2D eigenvalue weighted by atomic mass is 19.1. The SMILES string of the molecule is CC(C)CN(Cc1ccc(N)cc1F)CC(C)C. The highest BCUT2D eigenvalue weighted by Crippen LogP contribution is 2.16. The lowest BCUT2D eigenvalue weighted by molar-refractivity contribution is 0.209. The second-order valence-electron chi connectivity index (χ2n) is 5.83. The van der Waals surface area contributed by atoms with Gasteiger partial charge in [0.1, 0.15) is 5.82 Å². The van der Waals surface area contributed by atoms with Crippen molar-refractivity contribution in [2.75, 3.05) is 18.8 Å². The van der Waals surface area contributed by atoms with Crippen LogP contribution in [0.1, 0.15) is 33.3 Å². The number of nitrogens with zero attached hydrogens (tertiary/aromatic N) is 1. The van der Waals surface area contributed by atoms with Crippen LogP contribution in [0.4, 0.5) is 10.1 Å². The Morgan fingerprint density at radius 3 is 2.11 bits per heavy atom. The van der Waals surface area contributed by atoms with Crippen LogP contribution in [0, 0.1) is 17.7 Å². The van der Waals surface area contributed by atoms with E-state index in [9.17, 15) is 4.39 Å². The minimum absolute atomic E-state index is 0.201. The minimum Gasteiger partial charge on any atom is -0.399 e. The summed E-state index contributed by atoms with van der Waals surface area (Å²) in [5, 5.41) is 0. The average Bonchev–Trinajstić information content (AvgIpc) is 2.20. The number of hydrogen-bond acceptors (Lipinski definition) is 2. The van der Waals surface area contributed by atoms with Crippen LogP contribution in [0.3, 0.4) is 0 Å². The molecule has 2 nitrogen and oxygen atoms in total. The molecule has 0 amide bonds. The number of anilines is 1. The second kappa shape index (κ2) is 6.74. The first-order chi connectivity index (χ1) is 8.38. The summed E-state index contributed by atoms with van der Waals surface area (Å²) in [6.45, 7) is 11.4. The Kier molecular flexibility index (Phi) is 5.60. The molecule has 0 saturated carbocycles. The van der Waals surface area contributed by atoms with E-state index in [1.165, 1.54) is 6.07 Å². The predicted molar refractivity (Wildman–Crippen MR) is 75.8 cm³/mol. The predicted octanol–water partition coefficient (Wildman–Crippen LogP) is 3.52. The second-order valence-corrected chi connectivity index (χ2v) is 5.83. The number of benzene rings is 1. The van der Waals surface area contributed by atoms with Gasteiger partial charge in [0.2, 0.25) is 0 Å². The monoisotopic (exact) mass is 252 g/mol. The van der Waals surface area contributed by atoms with Gasteiger partial charge in [-0.2, -0.15) is 0 Å². The summed E-state index contributed by atoms with van der Waals surface area (Å²) in [6.07, 6.45) is 0. The molecule has 18 heavy (non-hydrogen) atoms. The summed E-state index contributed by atoms with van der Waals surface area (Å²) < 4.78 is 13.8. The Hall–Kier alpha value is -1.09. The third-order valence-electron chi connectivity index (χ3n) is 2.72. The molecule has 0 aromatic heterocycles. The molecule has 2 N–H and O–H groups in total. The van der Waals surface area contributed by atoms with Crippen LogP contribution in [-0.2, 0) is 6.54 Å². The standard InChI is InChI=1S/C15H25FN2/c1-11(2)8-18(9-12(3)4)10-13-5-6-14(17)7-15(13)16/h5-7,11-12H,8-10,17H2,1-4H3. The molecule has 1 rings (SSSR count). The van der Waals surface area contributed by atoms with E-state index in [1.807, 2.05) is 0 Å². The molecular weight excluding hydrogens is 227 g/mol. The zero-order chi connectivity index (χ0) is 13.7. The van der Waals surface area contributed by atoms with Gasteiger partial charge in [0, 0.05) is 30.9 Å². The molecule has 0 atom stereocenters. The lowest BCUT2D eigenvalue weighted by atomic mass is 10.1. The fourth-order valence-corrected chi connectivity index (χ4v) is 2.17. The quantitative estimate of drug-likeness (QED) is 0.785. The molecule has 0 saturated heterocycles. The number of nitrogens with two attached hydrogens (primary N) is 1. The summed E-state index contributed by atoms with van der Waals surface area (Å²) in [5.41, 5.74) is 6.78. The van der Waals surface area contributed by atoms with Crippen molar-refractivity contribution in [3.8, 4) is 0 Å². The lowest BCUT2D eigenvalue weighted by Gasteiger charge is -2.26. The van der Waals surface area contributed by atoms with Gasteiger partial charge in [-0.25, -0.2) is 4.39 Å². The van der Waals surface area contributed by atoms with Crippen LogP contribution in [0.5, 0.6) is 0 Å². The Morgan fingerprint density at radius 2 is 1.67 bits per heavy atom. The van der Waals surface area contributed by atoms with Gasteiger partial charge in [0.15, 0.2) is 0 Å². The molecule has 0 fully saturated rings. The molecule has 0 aliphatic carbocycles. The van der Waals surface area contributed by atoms with Gasteiger partial charge in [-0.05, 0) is 24.0 Å². The van der Waals surface area contributed by atoms with Crippen LogP contribution < -0.4 is 5.73 Å². The molecular formula is C15H25FN2. The van der Waals surface area contributed by atoms with Crippen LogP contribution in [0.2, 0.25) is 0 Å². The smallest absolute Gasteiger partial charge is 0.129 e. The number of nitrogen functional groups attached to an aromatic ring is 1. The summed E-state index contributed by atoms with van der Waals surface area (Å²) in [7, 11) is 0. The van der Waals surface area contributed by atoms with Crippen molar-refractivity contribution in [3.05, 3.63) is 29.6 Å². The maximum absolute atomic E-state index is 13.8. The topological polar surface area (TPSA) is 29.3 Å². The molecule has 0 aliphatic heterocycles. The molecule has 0 spiro atoms. The molecule has 0 radical (unpaired) electrons. The van der Waals surface area contributed by atoms with Gasteiger partial charge >= 0.3 is 0 Å². The Bertz CT molecular complexity index is 365. The maximum atomic E-state index is 13.8. The Morgan fingerprint density at radius 1 is 1.11 bits per heavy atom. The van der Waals surface area contributed by atoms with Crippen LogP contribution in [-0.4, -0.2) is 18.0 Å². The molecule has 1 aromatic rings. The van der Waals surface area contributed by atoms with Crippen molar-refractivity contribution in [1.29, 1.82) is 0 Å². The van der Waals surface area contributed by atoms with E-state index in [0.717, 1.165) is 18.7 Å². The van der Waals surface area contributed by atoms with Gasteiger partial charge in [0.25, 0.3) is 0 Å². The third-order valence-corrected chi connectivity index (χ3v) is 2.72. The zero-order valence-electron chi connectivity index (χ0n) is 11.9. The summed E-state index contributed by atoms with van der Waals surface area (Å²) in [6, 6.07) is 4.96. The van der Waals surface area contributed by atoms with E-state index in [1.54, 1.807) is 12.1 Å². The Balaban J connectivity index is 2.75. The maximum Gasteiger partial charge on any atom is 0.129 e. The van der Waals surface area contributed by atoms with Gasteiger partial charge < -0.3 is 5.73 Å². The molecule has 0 bridgehead atoms. The van der Waals surface area contributed by atoms with Gasteiger partial charge in [-0.3, -0.25) is 4.90 Å². The van der Waals surface area contributed by atoms with Crippen molar-refractivity contribution in [2.24, 2.45) is 11.8 Å². The fraction of sp³-hybridized carbons (Fsp3) is 0.600. The van der Waals surface area contributed by atoms with E-state index >= 15 is 0 Å². The van der Waals surface area contributed by atoms with Gasteiger partial charge in [-0.1, -0.05) is 33.8 Å². The highest BCUT2D eigenvalue weighted by molar-refractivity contribution is 5.40. The van der Waals surface area contributed by atoms with Crippen molar-refractivity contribution < 1.29 is 4.39 Å². The molecule has 0 aliphatic rings. The first-order valence-electron chi connectivity index (χ1n) is 6.64. The third kappa shape index (κ3) is 5.05. The number of halogens is 1. The van der Waals surface area contributed by atoms with Gasteiger partial charge in [0.05, 0.1) is 0 Å². The normalized spacial score (nSPS) is 11.8. The van der Waals surface area contributed by atoms with E-state index < -0.39 is 0 Å². The summed E-state index contributed by atoms with van der Waals surface area (Å²) in [5.74, 6) is 0.966. The van der Waals surface area contributed by atoms with Crippen LogP contribution >= 0.6 is 0 Å². The van der Waals surface area contributed by atoms with E-state index in [-0.39, 0.29) is 5.82 Å². The fourth-order valence-electron chi connectivity index (χ4n) is 2.17. The minimum atomic E-state index is -0.201. The zero-order valence-corrected chi connectivity index (χ0v) is 11.9. The number of hydrogen-bond donors (Lipinski definition) is 1. The number of rotatable bonds is 6. The largest absolute Gasteiger partial charge is 0.399 e. The highest BCUT2D eigenvalue weighted by Gasteiger charge is 2.12. The average molecular weight is 252 g/mol.